The molecule has 2 aromatic rings. The van der Waals surface area contributed by atoms with Gasteiger partial charge in [-0.1, -0.05) is 41.6 Å². The number of amidine groups is 1. The van der Waals surface area contributed by atoms with Crippen LogP contribution in [0.4, 0.5) is 10.1 Å². The van der Waals surface area contributed by atoms with E-state index in [0.717, 1.165) is 49.1 Å². The normalized spacial score (nSPS) is 17.2. The smallest absolute Gasteiger partial charge is 0.164 e. The van der Waals surface area contributed by atoms with Gasteiger partial charge in [-0.3, -0.25) is 0 Å². The monoisotopic (exact) mass is 461 g/mol. The van der Waals surface area contributed by atoms with E-state index in [0.29, 0.717) is 18.4 Å². The van der Waals surface area contributed by atoms with Crippen LogP contribution in [0.1, 0.15) is 31.2 Å². The maximum Gasteiger partial charge on any atom is 0.164 e. The van der Waals surface area contributed by atoms with Crippen LogP contribution in [-0.2, 0) is 5.75 Å². The average Bonchev–Trinajstić information content (AvgIpc) is 2.81. The van der Waals surface area contributed by atoms with Crippen molar-refractivity contribution in [1.82, 2.24) is 9.80 Å². The number of piperidine rings is 1. The number of thioether (sulfide) groups is 1. The molecule has 2 aliphatic rings. The van der Waals surface area contributed by atoms with Crippen LogP contribution in [0.25, 0.3) is 0 Å². The minimum atomic E-state index is -0.415. The molecular formula is C24H29ClFN3OS. The van der Waals surface area contributed by atoms with E-state index in [1.807, 2.05) is 11.8 Å². The van der Waals surface area contributed by atoms with Gasteiger partial charge < -0.3 is 14.5 Å². The fourth-order valence-corrected chi connectivity index (χ4v) is 5.30. The Kier molecular flexibility index (Phi) is 7.75. The van der Waals surface area contributed by atoms with Crippen molar-refractivity contribution < 1.29 is 9.13 Å². The lowest BCUT2D eigenvalue weighted by Gasteiger charge is -2.38. The average molecular weight is 462 g/mol. The quantitative estimate of drug-likeness (QED) is 0.475. The number of likely N-dealkylation sites (tertiary alicyclic amines) is 1. The molecule has 0 saturated carbocycles. The van der Waals surface area contributed by atoms with Crippen molar-refractivity contribution in [2.45, 2.75) is 37.5 Å². The molecule has 0 amide bonds. The molecule has 31 heavy (non-hydrogen) atoms. The summed E-state index contributed by atoms with van der Waals surface area (Å²) in [5.74, 6) is 1.22. The molecule has 1 fully saturated rings. The Morgan fingerprint density at radius 2 is 2.00 bits per heavy atom. The molecule has 7 heteroatoms. The van der Waals surface area contributed by atoms with Crippen molar-refractivity contribution >= 4 is 34.2 Å². The van der Waals surface area contributed by atoms with Gasteiger partial charge in [-0.25, -0.2) is 9.38 Å². The maximum atomic E-state index is 13.2. The number of ether oxygens (including phenoxy) is 1. The number of benzene rings is 2. The van der Waals surface area contributed by atoms with E-state index < -0.39 is 5.82 Å². The number of hydrogen-bond acceptors (Lipinski definition) is 5. The maximum absolute atomic E-state index is 13.2. The molecule has 0 aliphatic carbocycles. The second kappa shape index (κ2) is 10.7. The molecule has 2 heterocycles. The molecule has 4 rings (SSSR count). The molecule has 4 nitrogen and oxygen atoms in total. The van der Waals surface area contributed by atoms with Crippen LogP contribution in [0.15, 0.2) is 47.5 Å². The van der Waals surface area contributed by atoms with Crippen molar-refractivity contribution in [2.75, 3.05) is 33.3 Å². The number of para-hydroxylation sites is 1. The van der Waals surface area contributed by atoms with Crippen LogP contribution in [0, 0.1) is 5.82 Å². The van der Waals surface area contributed by atoms with Gasteiger partial charge in [-0.2, -0.15) is 0 Å². The van der Waals surface area contributed by atoms with Gasteiger partial charge in [0.25, 0.3) is 0 Å². The fourth-order valence-electron chi connectivity index (χ4n) is 4.08. The molecule has 1 saturated heterocycles. The highest BCUT2D eigenvalue weighted by molar-refractivity contribution is 8.13. The first-order chi connectivity index (χ1) is 15.1. The molecular weight excluding hydrogens is 433 g/mol. The number of hydrogen-bond donors (Lipinski definition) is 0. The predicted molar refractivity (Wildman–Crippen MR) is 128 cm³/mol. The van der Waals surface area contributed by atoms with Gasteiger partial charge in [-0.15, -0.1) is 0 Å². The van der Waals surface area contributed by atoms with Crippen LogP contribution in [0.5, 0.6) is 5.75 Å². The van der Waals surface area contributed by atoms with Crippen molar-refractivity contribution in [3.63, 3.8) is 0 Å². The van der Waals surface area contributed by atoms with Gasteiger partial charge in [0.1, 0.15) is 11.6 Å². The van der Waals surface area contributed by atoms with Gasteiger partial charge in [0.05, 0.1) is 17.3 Å². The highest BCUT2D eigenvalue weighted by Crippen LogP contribution is 2.33. The minimum absolute atomic E-state index is 0.104. The largest absolute Gasteiger partial charge is 0.494 e. The van der Waals surface area contributed by atoms with Crippen LogP contribution in [-0.4, -0.2) is 54.3 Å². The summed E-state index contributed by atoms with van der Waals surface area (Å²) in [4.78, 5) is 9.83. The molecule has 0 spiro atoms. The summed E-state index contributed by atoms with van der Waals surface area (Å²) in [6.45, 7) is 3.96. The third-order valence-corrected chi connectivity index (χ3v) is 7.38. The molecule has 0 aromatic heterocycles. The molecule has 0 bridgehead atoms. The summed E-state index contributed by atoms with van der Waals surface area (Å²) in [6, 6.07) is 13.5. The van der Waals surface area contributed by atoms with Crippen molar-refractivity contribution in [2.24, 2.45) is 4.99 Å². The SMILES string of the molecule is CN(C1=Nc2ccccc2CS1)C1CCN(CCCCOc2ccc(F)c(Cl)c2)CC1. The van der Waals surface area contributed by atoms with Crippen molar-refractivity contribution in [1.29, 1.82) is 0 Å². The van der Waals surface area contributed by atoms with Crippen LogP contribution >= 0.6 is 23.4 Å². The Hall–Kier alpha value is -1.76. The van der Waals surface area contributed by atoms with Gasteiger partial charge in [-0.05, 0) is 56.0 Å². The van der Waals surface area contributed by atoms with E-state index in [2.05, 4.69) is 41.1 Å². The van der Waals surface area contributed by atoms with E-state index in [1.165, 1.54) is 30.5 Å². The third kappa shape index (κ3) is 5.93. The molecule has 166 valence electrons. The first-order valence-electron chi connectivity index (χ1n) is 10.9. The molecule has 2 aromatic carbocycles. The standard InChI is InChI=1S/C24H29ClFN3OS/c1-28(24-27-23-7-3-2-6-18(23)17-31-24)19-10-13-29(14-11-19)12-4-5-15-30-20-8-9-22(26)21(25)16-20/h2-3,6-9,16,19H,4-5,10-15,17H2,1H3. The zero-order valence-electron chi connectivity index (χ0n) is 17.9. The lowest BCUT2D eigenvalue weighted by atomic mass is 10.0. The van der Waals surface area contributed by atoms with E-state index in [1.54, 1.807) is 6.07 Å². The second-order valence-corrected chi connectivity index (χ2v) is 9.48. The number of fused-ring (bicyclic) bond motifs is 1. The van der Waals surface area contributed by atoms with E-state index in [4.69, 9.17) is 21.3 Å². The molecule has 0 atom stereocenters. The topological polar surface area (TPSA) is 28.1 Å². The number of unbranched alkanes of at least 4 members (excludes halogenated alkanes) is 1. The summed E-state index contributed by atoms with van der Waals surface area (Å²) in [5.41, 5.74) is 2.44. The number of rotatable bonds is 7. The predicted octanol–water partition coefficient (Wildman–Crippen LogP) is 5.97. The van der Waals surface area contributed by atoms with Crippen LogP contribution in [0.2, 0.25) is 5.02 Å². The summed E-state index contributed by atoms with van der Waals surface area (Å²) < 4.78 is 18.9. The zero-order chi connectivity index (χ0) is 21.6. The molecule has 0 radical (unpaired) electrons. The Morgan fingerprint density at radius 1 is 1.19 bits per heavy atom. The third-order valence-electron chi connectivity index (χ3n) is 6.00. The van der Waals surface area contributed by atoms with E-state index in [-0.39, 0.29) is 5.02 Å². The summed E-state index contributed by atoms with van der Waals surface area (Å²) in [5, 5.41) is 1.25. The van der Waals surface area contributed by atoms with Gasteiger partial charge >= 0.3 is 0 Å². The zero-order valence-corrected chi connectivity index (χ0v) is 19.5. The van der Waals surface area contributed by atoms with Crippen LogP contribution in [0.3, 0.4) is 0 Å². The van der Waals surface area contributed by atoms with Crippen molar-refractivity contribution in [3.8, 4) is 5.75 Å². The Morgan fingerprint density at radius 3 is 2.81 bits per heavy atom. The fraction of sp³-hybridized carbons (Fsp3) is 0.458. The highest BCUT2D eigenvalue weighted by atomic mass is 35.5. The number of aliphatic imine (C=N–C) groups is 1. The lowest BCUT2D eigenvalue weighted by molar-refractivity contribution is 0.162. The number of nitrogens with zero attached hydrogens (tertiary/aromatic N) is 3. The summed E-state index contributed by atoms with van der Waals surface area (Å²) >= 11 is 7.63. The minimum Gasteiger partial charge on any atom is -0.494 e. The second-order valence-electron chi connectivity index (χ2n) is 8.13. The summed E-state index contributed by atoms with van der Waals surface area (Å²) in [7, 11) is 2.19. The molecule has 2 aliphatic heterocycles. The summed E-state index contributed by atoms with van der Waals surface area (Å²) in [6.07, 6.45) is 4.40. The first kappa shape index (κ1) is 22.4. The van der Waals surface area contributed by atoms with Crippen molar-refractivity contribution in [3.05, 3.63) is 58.9 Å². The Labute approximate surface area is 193 Å². The van der Waals surface area contributed by atoms with E-state index in [9.17, 15) is 4.39 Å². The van der Waals surface area contributed by atoms with Gasteiger partial charge in [0.15, 0.2) is 5.17 Å². The van der Waals surface area contributed by atoms with E-state index >= 15 is 0 Å². The highest BCUT2D eigenvalue weighted by Gasteiger charge is 2.26. The van der Waals surface area contributed by atoms with Gasteiger partial charge in [0, 0.05) is 38.0 Å². The van der Waals surface area contributed by atoms with Crippen LogP contribution < -0.4 is 4.74 Å². The molecule has 0 N–H and O–H groups in total. The first-order valence-corrected chi connectivity index (χ1v) is 12.3. The lowest BCUT2D eigenvalue weighted by Crippen LogP contribution is -2.45. The Bertz CT molecular complexity index is 917. The number of halogens is 2. The Balaban J connectivity index is 1.15. The van der Waals surface area contributed by atoms with Gasteiger partial charge in [0.2, 0.25) is 0 Å². The molecule has 0 unspecified atom stereocenters.